The Bertz CT molecular complexity index is 836. The van der Waals surface area contributed by atoms with Crippen LogP contribution in [-0.4, -0.2) is 42.8 Å². The van der Waals surface area contributed by atoms with Crippen molar-refractivity contribution in [2.45, 2.75) is 13.2 Å². The highest BCUT2D eigenvalue weighted by molar-refractivity contribution is 6.30. The molecule has 1 saturated heterocycles. The highest BCUT2D eigenvalue weighted by Crippen LogP contribution is 2.32. The minimum atomic E-state index is -0.374. The first-order valence-corrected chi connectivity index (χ1v) is 9.21. The number of ether oxygens (including phenoxy) is 2. The van der Waals surface area contributed by atoms with Crippen LogP contribution in [0.5, 0.6) is 5.75 Å². The van der Waals surface area contributed by atoms with E-state index in [-0.39, 0.29) is 17.4 Å². The molecule has 0 radical (unpaired) electrons. The lowest BCUT2D eigenvalue weighted by atomic mass is 10.1. The van der Waals surface area contributed by atoms with Crippen LogP contribution in [0, 0.1) is 10.1 Å². The van der Waals surface area contributed by atoms with Gasteiger partial charge in [-0.05, 0) is 24.3 Å². The van der Waals surface area contributed by atoms with Crippen LogP contribution < -0.4 is 9.64 Å². The second kappa shape index (κ2) is 7.72. The van der Waals surface area contributed by atoms with Crippen molar-refractivity contribution in [3.05, 3.63) is 62.7 Å². The zero-order valence-corrected chi connectivity index (χ0v) is 15.5. The van der Waals surface area contributed by atoms with E-state index in [2.05, 4.69) is 9.80 Å². The molecule has 0 unspecified atom stereocenters. The van der Waals surface area contributed by atoms with Gasteiger partial charge in [0.2, 0.25) is 0 Å². The largest absolute Gasteiger partial charge is 0.467 e. The summed E-state index contributed by atoms with van der Waals surface area (Å²) in [5.41, 5.74) is 3.21. The summed E-state index contributed by atoms with van der Waals surface area (Å²) in [6, 6.07) is 10.6. The fraction of sp³-hybridized carbons (Fsp3) is 0.368. The van der Waals surface area contributed by atoms with Crippen molar-refractivity contribution in [1.82, 2.24) is 4.90 Å². The number of hydrogen-bond acceptors (Lipinski definition) is 6. The molecule has 2 heterocycles. The number of benzene rings is 2. The Hall–Kier alpha value is -2.35. The molecule has 7 nitrogen and oxygen atoms in total. The number of anilines is 1. The molecule has 1 fully saturated rings. The third-order valence-corrected chi connectivity index (χ3v) is 5.16. The minimum Gasteiger partial charge on any atom is -0.467 e. The van der Waals surface area contributed by atoms with Gasteiger partial charge in [-0.25, -0.2) is 0 Å². The van der Waals surface area contributed by atoms with Gasteiger partial charge >= 0.3 is 0 Å². The number of rotatable bonds is 4. The lowest BCUT2D eigenvalue weighted by Crippen LogP contribution is -2.46. The van der Waals surface area contributed by atoms with E-state index in [1.165, 1.54) is 0 Å². The average Bonchev–Trinajstić information content (AvgIpc) is 2.68. The third kappa shape index (κ3) is 4.00. The smallest absolute Gasteiger partial charge is 0.269 e. The maximum Gasteiger partial charge on any atom is 0.269 e. The molecular weight excluding hydrogens is 370 g/mol. The number of piperazine rings is 1. The summed E-state index contributed by atoms with van der Waals surface area (Å²) in [4.78, 5) is 15.0. The SMILES string of the molecule is O=[N+]([O-])c1ccc(N2CCN(Cc3cc(Cl)cc4c3OCOC4)CC2)cc1. The fourth-order valence-corrected chi connectivity index (χ4v) is 3.83. The molecule has 0 N–H and O–H groups in total. The number of non-ortho nitro benzene ring substituents is 1. The molecule has 2 aromatic rings. The van der Waals surface area contributed by atoms with E-state index in [0.29, 0.717) is 11.6 Å². The van der Waals surface area contributed by atoms with Gasteiger partial charge in [0.05, 0.1) is 11.5 Å². The summed E-state index contributed by atoms with van der Waals surface area (Å²) in [5, 5.41) is 11.5. The zero-order chi connectivity index (χ0) is 18.8. The second-order valence-corrected chi connectivity index (χ2v) is 7.14. The molecule has 0 amide bonds. The monoisotopic (exact) mass is 389 g/mol. The summed E-state index contributed by atoms with van der Waals surface area (Å²) >= 11 is 6.25. The minimum absolute atomic E-state index is 0.118. The van der Waals surface area contributed by atoms with Crippen LogP contribution in [-0.2, 0) is 17.9 Å². The Balaban J connectivity index is 1.40. The maximum absolute atomic E-state index is 10.8. The molecule has 2 aliphatic rings. The highest BCUT2D eigenvalue weighted by Gasteiger charge is 2.22. The van der Waals surface area contributed by atoms with Gasteiger partial charge in [-0.15, -0.1) is 0 Å². The highest BCUT2D eigenvalue weighted by atomic mass is 35.5. The number of hydrogen-bond donors (Lipinski definition) is 0. The molecule has 8 heteroatoms. The normalized spacial score (nSPS) is 17.3. The van der Waals surface area contributed by atoms with Crippen molar-refractivity contribution in [2.24, 2.45) is 0 Å². The van der Waals surface area contributed by atoms with Gasteiger partial charge in [0.1, 0.15) is 5.75 Å². The molecule has 0 aromatic heterocycles. The van der Waals surface area contributed by atoms with Crippen LogP contribution in [0.4, 0.5) is 11.4 Å². The number of nitro benzene ring substituents is 1. The Kier molecular flexibility index (Phi) is 5.15. The first kappa shape index (κ1) is 18.0. The van der Waals surface area contributed by atoms with Gasteiger partial charge in [0, 0.05) is 66.7 Å². The Morgan fingerprint density at radius 3 is 2.56 bits per heavy atom. The van der Waals surface area contributed by atoms with Crippen molar-refractivity contribution < 1.29 is 14.4 Å². The van der Waals surface area contributed by atoms with E-state index in [4.69, 9.17) is 21.1 Å². The van der Waals surface area contributed by atoms with E-state index in [9.17, 15) is 10.1 Å². The fourth-order valence-electron chi connectivity index (χ4n) is 3.56. The number of halogens is 1. The molecule has 0 bridgehead atoms. The molecule has 0 saturated carbocycles. The summed E-state index contributed by atoms with van der Waals surface area (Å²) < 4.78 is 11.0. The van der Waals surface area contributed by atoms with Gasteiger partial charge < -0.3 is 14.4 Å². The molecule has 0 spiro atoms. The van der Waals surface area contributed by atoms with Crippen LogP contribution >= 0.6 is 11.6 Å². The Labute approximate surface area is 162 Å². The number of fused-ring (bicyclic) bond motifs is 1. The van der Waals surface area contributed by atoms with Crippen molar-refractivity contribution in [3.63, 3.8) is 0 Å². The van der Waals surface area contributed by atoms with Crippen LogP contribution in [0.25, 0.3) is 0 Å². The van der Waals surface area contributed by atoms with E-state index >= 15 is 0 Å². The average molecular weight is 390 g/mol. The van der Waals surface area contributed by atoms with Gasteiger partial charge in [0.25, 0.3) is 5.69 Å². The van der Waals surface area contributed by atoms with Crippen molar-refractivity contribution in [1.29, 1.82) is 0 Å². The molecule has 142 valence electrons. The van der Waals surface area contributed by atoms with E-state index < -0.39 is 0 Å². The van der Waals surface area contributed by atoms with Crippen LogP contribution in [0.2, 0.25) is 5.02 Å². The van der Waals surface area contributed by atoms with E-state index in [0.717, 1.165) is 55.3 Å². The van der Waals surface area contributed by atoms with Gasteiger partial charge in [-0.1, -0.05) is 11.6 Å². The molecule has 4 rings (SSSR count). The predicted molar refractivity (Wildman–Crippen MR) is 102 cm³/mol. The molecule has 0 aliphatic carbocycles. The predicted octanol–water partition coefficient (Wildman–Crippen LogP) is 3.44. The lowest BCUT2D eigenvalue weighted by molar-refractivity contribution is -0.384. The van der Waals surface area contributed by atoms with Crippen molar-refractivity contribution in [3.8, 4) is 5.75 Å². The second-order valence-electron chi connectivity index (χ2n) is 6.70. The summed E-state index contributed by atoms with van der Waals surface area (Å²) in [6.45, 7) is 5.10. The van der Waals surface area contributed by atoms with Gasteiger partial charge in [-0.3, -0.25) is 15.0 Å². The molecule has 0 atom stereocenters. The molecular formula is C19H20ClN3O4. The van der Waals surface area contributed by atoms with Crippen molar-refractivity contribution in [2.75, 3.05) is 37.9 Å². The number of nitro groups is 1. The van der Waals surface area contributed by atoms with Gasteiger partial charge in [0.15, 0.2) is 6.79 Å². The Morgan fingerprint density at radius 1 is 1.11 bits per heavy atom. The van der Waals surface area contributed by atoms with E-state index in [1.807, 2.05) is 24.3 Å². The van der Waals surface area contributed by atoms with Gasteiger partial charge in [-0.2, -0.15) is 0 Å². The first-order chi connectivity index (χ1) is 13.1. The zero-order valence-electron chi connectivity index (χ0n) is 14.8. The van der Waals surface area contributed by atoms with Crippen LogP contribution in [0.15, 0.2) is 36.4 Å². The van der Waals surface area contributed by atoms with E-state index in [1.54, 1.807) is 12.1 Å². The third-order valence-electron chi connectivity index (χ3n) is 4.94. The summed E-state index contributed by atoms with van der Waals surface area (Å²) in [7, 11) is 0. The summed E-state index contributed by atoms with van der Waals surface area (Å²) in [5.74, 6) is 0.892. The van der Waals surface area contributed by atoms with Crippen LogP contribution in [0.3, 0.4) is 0 Å². The molecule has 27 heavy (non-hydrogen) atoms. The molecule has 2 aliphatic heterocycles. The first-order valence-electron chi connectivity index (χ1n) is 8.84. The maximum atomic E-state index is 10.8. The summed E-state index contributed by atoms with van der Waals surface area (Å²) in [6.07, 6.45) is 0. The number of nitrogens with zero attached hydrogens (tertiary/aromatic N) is 3. The topological polar surface area (TPSA) is 68.1 Å². The van der Waals surface area contributed by atoms with Crippen molar-refractivity contribution >= 4 is 23.0 Å². The van der Waals surface area contributed by atoms with Crippen LogP contribution in [0.1, 0.15) is 11.1 Å². The standard InChI is InChI=1S/C19H20ClN3O4/c20-16-9-14(19-15(10-16)12-26-13-27-19)11-21-5-7-22(8-6-21)17-1-3-18(4-2-17)23(24)25/h1-4,9-10H,5-8,11-13H2. The Morgan fingerprint density at radius 2 is 1.85 bits per heavy atom. The molecule has 2 aromatic carbocycles. The lowest BCUT2D eigenvalue weighted by Gasteiger charge is -2.36. The quantitative estimate of drug-likeness (QED) is 0.589.